The molecule has 2 aromatic rings. The molecular weight excluding hydrogens is 288 g/mol. The molecule has 0 spiro atoms. The van der Waals surface area contributed by atoms with E-state index in [-0.39, 0.29) is 0 Å². The molecule has 0 atom stereocenters. The van der Waals surface area contributed by atoms with Gasteiger partial charge in [0.25, 0.3) is 0 Å². The van der Waals surface area contributed by atoms with Gasteiger partial charge in [0.2, 0.25) is 0 Å². The third-order valence-corrected chi connectivity index (χ3v) is 2.92. The molecule has 0 saturated heterocycles. The average molecular weight is 293 g/mol. The summed E-state index contributed by atoms with van der Waals surface area (Å²) in [5, 5.41) is 1.77. The van der Waals surface area contributed by atoms with E-state index in [1.54, 1.807) is 30.3 Å². The van der Waals surface area contributed by atoms with E-state index in [0.29, 0.717) is 20.4 Å². The number of pyridine rings is 1. The molecule has 1 aromatic heterocycles. The SMILES string of the molecule is Clc1cc(Cl)cc(-c2ccc(Cl)nc2Cl)c1. The Labute approximate surface area is 113 Å². The van der Waals surface area contributed by atoms with E-state index in [9.17, 15) is 0 Å². The summed E-state index contributed by atoms with van der Waals surface area (Å²) in [7, 11) is 0. The highest BCUT2D eigenvalue weighted by atomic mass is 35.5. The Hall–Kier alpha value is -0.470. The number of aromatic nitrogens is 1. The van der Waals surface area contributed by atoms with Crippen molar-refractivity contribution in [2.45, 2.75) is 0 Å². The Morgan fingerprint density at radius 1 is 0.812 bits per heavy atom. The van der Waals surface area contributed by atoms with Crippen LogP contribution in [0.5, 0.6) is 0 Å². The molecule has 0 aliphatic rings. The van der Waals surface area contributed by atoms with E-state index in [4.69, 9.17) is 46.4 Å². The number of hydrogen-bond acceptors (Lipinski definition) is 1. The zero-order valence-electron chi connectivity index (χ0n) is 7.85. The van der Waals surface area contributed by atoms with Crippen LogP contribution in [0.4, 0.5) is 0 Å². The molecule has 16 heavy (non-hydrogen) atoms. The van der Waals surface area contributed by atoms with Gasteiger partial charge >= 0.3 is 0 Å². The van der Waals surface area contributed by atoms with Crippen LogP contribution in [0.1, 0.15) is 0 Å². The quantitative estimate of drug-likeness (QED) is 0.645. The van der Waals surface area contributed by atoms with Crippen LogP contribution >= 0.6 is 46.4 Å². The van der Waals surface area contributed by atoms with Crippen LogP contribution in [0.3, 0.4) is 0 Å². The lowest BCUT2D eigenvalue weighted by Gasteiger charge is -2.05. The van der Waals surface area contributed by atoms with Crippen LogP contribution in [-0.2, 0) is 0 Å². The van der Waals surface area contributed by atoms with E-state index in [0.717, 1.165) is 11.1 Å². The normalized spacial score (nSPS) is 10.5. The minimum atomic E-state index is 0.325. The fraction of sp³-hybridized carbons (Fsp3) is 0. The summed E-state index contributed by atoms with van der Waals surface area (Å²) in [6.45, 7) is 0. The molecule has 0 radical (unpaired) electrons. The lowest BCUT2D eigenvalue weighted by molar-refractivity contribution is 1.33. The molecule has 1 nitrogen and oxygen atoms in total. The van der Waals surface area contributed by atoms with E-state index in [2.05, 4.69) is 4.98 Å². The molecule has 0 fully saturated rings. The third-order valence-electron chi connectivity index (χ3n) is 1.99. The minimum Gasteiger partial charge on any atom is -0.224 e. The van der Waals surface area contributed by atoms with Crippen LogP contribution in [0.15, 0.2) is 30.3 Å². The van der Waals surface area contributed by atoms with Crippen molar-refractivity contribution in [3.8, 4) is 11.1 Å². The van der Waals surface area contributed by atoms with Gasteiger partial charge in [0.05, 0.1) is 0 Å². The zero-order valence-corrected chi connectivity index (χ0v) is 10.9. The van der Waals surface area contributed by atoms with Crippen LogP contribution in [0.25, 0.3) is 11.1 Å². The zero-order chi connectivity index (χ0) is 11.7. The van der Waals surface area contributed by atoms with Gasteiger partial charge in [0, 0.05) is 15.6 Å². The highest BCUT2D eigenvalue weighted by Crippen LogP contribution is 2.31. The molecule has 0 unspecified atom stereocenters. The van der Waals surface area contributed by atoms with Crippen molar-refractivity contribution >= 4 is 46.4 Å². The monoisotopic (exact) mass is 291 g/mol. The van der Waals surface area contributed by atoms with Gasteiger partial charge in [-0.2, -0.15) is 0 Å². The summed E-state index contributed by atoms with van der Waals surface area (Å²) in [6.07, 6.45) is 0. The second-order valence-electron chi connectivity index (χ2n) is 3.13. The van der Waals surface area contributed by atoms with Crippen molar-refractivity contribution < 1.29 is 0 Å². The third kappa shape index (κ3) is 2.61. The molecule has 82 valence electrons. The second kappa shape index (κ2) is 4.80. The van der Waals surface area contributed by atoms with Crippen LogP contribution in [0.2, 0.25) is 20.4 Å². The predicted molar refractivity (Wildman–Crippen MR) is 69.7 cm³/mol. The van der Waals surface area contributed by atoms with Gasteiger partial charge in [-0.15, -0.1) is 0 Å². The number of rotatable bonds is 1. The van der Waals surface area contributed by atoms with Gasteiger partial charge in [-0.1, -0.05) is 46.4 Å². The van der Waals surface area contributed by atoms with Gasteiger partial charge in [-0.05, 0) is 35.9 Å². The molecule has 1 heterocycles. The Morgan fingerprint density at radius 2 is 1.44 bits per heavy atom. The molecule has 2 rings (SSSR count). The fourth-order valence-corrected chi connectivity index (χ4v) is 2.32. The maximum Gasteiger partial charge on any atom is 0.138 e. The molecule has 5 heteroatoms. The van der Waals surface area contributed by atoms with E-state index < -0.39 is 0 Å². The molecule has 0 bridgehead atoms. The Kier molecular flexibility index (Phi) is 3.60. The van der Waals surface area contributed by atoms with Crippen molar-refractivity contribution in [1.29, 1.82) is 0 Å². The predicted octanol–water partition coefficient (Wildman–Crippen LogP) is 5.36. The second-order valence-corrected chi connectivity index (χ2v) is 4.75. The first-order valence-corrected chi connectivity index (χ1v) is 5.86. The van der Waals surface area contributed by atoms with Gasteiger partial charge in [0.15, 0.2) is 0 Å². The standard InChI is InChI=1S/C11H5Cl4N/c12-7-3-6(4-8(13)5-7)9-1-2-10(14)16-11(9)15/h1-5H. The molecule has 1 aromatic carbocycles. The Morgan fingerprint density at radius 3 is 2.00 bits per heavy atom. The summed E-state index contributed by atoms with van der Waals surface area (Å²) in [5.41, 5.74) is 1.56. The maximum atomic E-state index is 5.99. The van der Waals surface area contributed by atoms with Crippen molar-refractivity contribution in [2.24, 2.45) is 0 Å². The van der Waals surface area contributed by atoms with Gasteiger partial charge in [-0.25, -0.2) is 4.98 Å². The first-order chi connectivity index (χ1) is 7.56. The van der Waals surface area contributed by atoms with Gasteiger partial charge in [0.1, 0.15) is 10.3 Å². The molecule has 0 amide bonds. The minimum absolute atomic E-state index is 0.325. The molecule has 0 aliphatic heterocycles. The number of nitrogens with zero attached hydrogens (tertiary/aromatic N) is 1. The number of halogens is 4. The Bertz CT molecular complexity index is 519. The van der Waals surface area contributed by atoms with E-state index in [1.165, 1.54) is 0 Å². The van der Waals surface area contributed by atoms with Crippen molar-refractivity contribution in [3.05, 3.63) is 50.7 Å². The van der Waals surface area contributed by atoms with Crippen molar-refractivity contribution in [3.63, 3.8) is 0 Å². The largest absolute Gasteiger partial charge is 0.224 e. The van der Waals surface area contributed by atoms with Crippen molar-refractivity contribution in [2.75, 3.05) is 0 Å². The topological polar surface area (TPSA) is 12.9 Å². The van der Waals surface area contributed by atoms with Crippen LogP contribution in [-0.4, -0.2) is 4.98 Å². The van der Waals surface area contributed by atoms with Crippen LogP contribution in [0, 0.1) is 0 Å². The summed E-state index contributed by atoms with van der Waals surface area (Å²) >= 11 is 23.5. The van der Waals surface area contributed by atoms with E-state index >= 15 is 0 Å². The van der Waals surface area contributed by atoms with E-state index in [1.807, 2.05) is 0 Å². The lowest BCUT2D eigenvalue weighted by atomic mass is 10.1. The van der Waals surface area contributed by atoms with Gasteiger partial charge in [-0.3, -0.25) is 0 Å². The maximum absolute atomic E-state index is 5.99. The highest BCUT2D eigenvalue weighted by molar-refractivity contribution is 6.36. The van der Waals surface area contributed by atoms with Crippen molar-refractivity contribution in [1.82, 2.24) is 4.98 Å². The summed E-state index contributed by atoms with van der Waals surface area (Å²) < 4.78 is 0. The summed E-state index contributed by atoms with van der Waals surface area (Å²) in [4.78, 5) is 3.95. The number of hydrogen-bond donors (Lipinski definition) is 0. The summed E-state index contributed by atoms with van der Waals surface area (Å²) in [6, 6.07) is 8.63. The molecule has 0 aliphatic carbocycles. The number of benzene rings is 1. The smallest absolute Gasteiger partial charge is 0.138 e. The summed E-state index contributed by atoms with van der Waals surface area (Å²) in [5.74, 6) is 0. The molecule has 0 N–H and O–H groups in total. The lowest BCUT2D eigenvalue weighted by Crippen LogP contribution is -1.84. The average Bonchev–Trinajstić information content (AvgIpc) is 2.15. The van der Waals surface area contributed by atoms with Gasteiger partial charge < -0.3 is 0 Å². The fourth-order valence-electron chi connectivity index (χ4n) is 1.34. The molecular formula is C11H5Cl4N. The first kappa shape index (κ1) is 12.0. The Balaban J connectivity index is 2.58. The van der Waals surface area contributed by atoms with Crippen LogP contribution < -0.4 is 0 Å². The molecule has 0 saturated carbocycles. The highest BCUT2D eigenvalue weighted by Gasteiger charge is 2.07. The first-order valence-electron chi connectivity index (χ1n) is 4.35.